The highest BCUT2D eigenvalue weighted by molar-refractivity contribution is 6.31. The molecule has 0 saturated carbocycles. The van der Waals surface area contributed by atoms with Crippen LogP contribution in [0.1, 0.15) is 11.1 Å². The molecule has 0 aliphatic heterocycles. The normalized spacial score (nSPS) is 10.9. The van der Waals surface area contributed by atoms with E-state index in [0.717, 1.165) is 10.9 Å². The minimum absolute atomic E-state index is 0.122. The first-order valence-corrected chi connectivity index (χ1v) is 10.1. The summed E-state index contributed by atoms with van der Waals surface area (Å²) < 4.78 is 0. The predicted octanol–water partition coefficient (Wildman–Crippen LogP) is 5.89. The average molecular weight is 472 g/mol. The van der Waals surface area contributed by atoms with Crippen LogP contribution in [0.5, 0.6) is 0 Å². The van der Waals surface area contributed by atoms with Gasteiger partial charge in [0.1, 0.15) is 0 Å². The third kappa shape index (κ3) is 4.48. The van der Waals surface area contributed by atoms with Crippen molar-refractivity contribution in [3.05, 3.63) is 102 Å². The predicted molar refractivity (Wildman–Crippen MR) is 122 cm³/mol. The number of nitro benzene ring substituents is 2. The van der Waals surface area contributed by atoms with E-state index in [-0.39, 0.29) is 34.5 Å². The molecule has 0 bridgehead atoms. The van der Waals surface area contributed by atoms with Crippen molar-refractivity contribution in [1.82, 2.24) is 10.2 Å². The Balaban J connectivity index is 1.79. The molecule has 4 aromatic rings. The summed E-state index contributed by atoms with van der Waals surface area (Å²) in [5.41, 5.74) is 2.12. The maximum Gasteiger partial charge on any atom is 0.275 e. The van der Waals surface area contributed by atoms with Crippen molar-refractivity contribution < 1.29 is 9.85 Å². The maximum absolute atomic E-state index is 11.6. The number of hydrogen-bond donors (Lipinski definition) is 1. The monoisotopic (exact) mass is 471 g/mol. The maximum atomic E-state index is 11.6. The van der Waals surface area contributed by atoms with E-state index < -0.39 is 9.85 Å². The van der Waals surface area contributed by atoms with Crippen molar-refractivity contribution in [2.24, 2.45) is 0 Å². The smallest absolute Gasteiger partial charge is 0.275 e. The van der Waals surface area contributed by atoms with Gasteiger partial charge in [-0.15, -0.1) is 0 Å². The van der Waals surface area contributed by atoms with Crippen LogP contribution in [0.15, 0.2) is 60.8 Å². The van der Waals surface area contributed by atoms with Crippen LogP contribution in [-0.2, 0) is 13.1 Å². The number of halogens is 2. The van der Waals surface area contributed by atoms with Crippen molar-refractivity contribution in [2.45, 2.75) is 13.1 Å². The molecule has 0 atom stereocenters. The third-order valence-corrected chi connectivity index (χ3v) is 5.47. The van der Waals surface area contributed by atoms with Crippen LogP contribution in [0, 0.1) is 20.2 Å². The number of anilines is 1. The van der Waals surface area contributed by atoms with Gasteiger partial charge in [0.2, 0.25) is 0 Å². The number of aromatic amines is 1. The molecule has 9 nitrogen and oxygen atoms in total. The molecule has 162 valence electrons. The lowest BCUT2D eigenvalue weighted by molar-refractivity contribution is -0.385. The molecule has 0 saturated heterocycles. The van der Waals surface area contributed by atoms with E-state index in [9.17, 15) is 20.2 Å². The average Bonchev–Trinajstić information content (AvgIpc) is 3.23. The SMILES string of the molecule is O=[N+]([O-])c1cc(Cl)ccc1CN(Cc1ccc(Cl)cc1[N+](=O)[O-])c1ccc2[nH]ncc2c1. The summed E-state index contributed by atoms with van der Waals surface area (Å²) in [6.45, 7) is 0.243. The summed E-state index contributed by atoms with van der Waals surface area (Å²) in [6, 6.07) is 14.4. The van der Waals surface area contributed by atoms with E-state index in [4.69, 9.17) is 23.2 Å². The lowest BCUT2D eigenvalue weighted by atomic mass is 10.1. The molecule has 3 aromatic carbocycles. The van der Waals surface area contributed by atoms with E-state index in [0.29, 0.717) is 16.8 Å². The van der Waals surface area contributed by atoms with Gasteiger partial charge in [0.05, 0.1) is 34.6 Å². The number of rotatable bonds is 7. The minimum Gasteiger partial charge on any atom is -0.362 e. The van der Waals surface area contributed by atoms with Crippen LogP contribution in [0.3, 0.4) is 0 Å². The van der Waals surface area contributed by atoms with E-state index in [1.165, 1.54) is 12.1 Å². The summed E-state index contributed by atoms with van der Waals surface area (Å²) in [5, 5.41) is 31.4. The Morgan fingerprint density at radius 3 is 1.94 bits per heavy atom. The molecule has 0 aliphatic carbocycles. The number of nitro groups is 2. The van der Waals surface area contributed by atoms with Crippen molar-refractivity contribution in [1.29, 1.82) is 0 Å². The Bertz CT molecular complexity index is 1280. The Morgan fingerprint density at radius 2 is 1.41 bits per heavy atom. The van der Waals surface area contributed by atoms with Crippen molar-refractivity contribution >= 4 is 51.2 Å². The van der Waals surface area contributed by atoms with E-state index >= 15 is 0 Å². The fraction of sp³-hybridized carbons (Fsp3) is 0.0952. The van der Waals surface area contributed by atoms with Crippen LogP contribution < -0.4 is 4.90 Å². The third-order valence-electron chi connectivity index (χ3n) is 5.00. The quantitative estimate of drug-likeness (QED) is 0.265. The van der Waals surface area contributed by atoms with E-state index in [2.05, 4.69) is 10.2 Å². The van der Waals surface area contributed by atoms with Gasteiger partial charge in [-0.25, -0.2) is 0 Å². The summed E-state index contributed by atoms with van der Waals surface area (Å²) in [5.74, 6) is 0. The molecular formula is C21H15Cl2N5O4. The van der Waals surface area contributed by atoms with Gasteiger partial charge in [0.15, 0.2) is 0 Å². The highest BCUT2D eigenvalue weighted by Gasteiger charge is 2.22. The van der Waals surface area contributed by atoms with Gasteiger partial charge >= 0.3 is 0 Å². The second kappa shape index (κ2) is 8.81. The first-order valence-electron chi connectivity index (χ1n) is 9.35. The fourth-order valence-electron chi connectivity index (χ4n) is 3.46. The number of aromatic nitrogens is 2. The molecular weight excluding hydrogens is 457 g/mol. The largest absolute Gasteiger partial charge is 0.362 e. The lowest BCUT2D eigenvalue weighted by Crippen LogP contribution is -2.23. The molecule has 32 heavy (non-hydrogen) atoms. The molecule has 0 aliphatic rings. The van der Waals surface area contributed by atoms with Gasteiger partial charge in [-0.3, -0.25) is 25.3 Å². The molecule has 1 aromatic heterocycles. The second-order valence-electron chi connectivity index (χ2n) is 7.06. The van der Waals surface area contributed by atoms with Gasteiger partial charge < -0.3 is 4.90 Å². The summed E-state index contributed by atoms with van der Waals surface area (Å²) in [7, 11) is 0. The molecule has 0 radical (unpaired) electrons. The van der Waals surface area contributed by atoms with Gasteiger partial charge in [-0.2, -0.15) is 5.10 Å². The van der Waals surface area contributed by atoms with Gasteiger partial charge in [0, 0.05) is 44.4 Å². The zero-order valence-electron chi connectivity index (χ0n) is 16.4. The number of benzene rings is 3. The van der Waals surface area contributed by atoms with Gasteiger partial charge in [0.25, 0.3) is 11.4 Å². The molecule has 0 spiro atoms. The number of hydrogen-bond acceptors (Lipinski definition) is 6. The van der Waals surface area contributed by atoms with Crippen molar-refractivity contribution in [3.63, 3.8) is 0 Å². The summed E-state index contributed by atoms with van der Waals surface area (Å²) in [6.07, 6.45) is 1.66. The number of nitrogens with zero attached hydrogens (tertiary/aromatic N) is 4. The van der Waals surface area contributed by atoms with E-state index in [1.807, 2.05) is 23.1 Å². The summed E-state index contributed by atoms with van der Waals surface area (Å²) >= 11 is 11.9. The highest BCUT2D eigenvalue weighted by atomic mass is 35.5. The number of fused-ring (bicyclic) bond motifs is 1. The molecule has 11 heteroatoms. The van der Waals surface area contributed by atoms with Crippen molar-refractivity contribution in [2.75, 3.05) is 4.90 Å². The Morgan fingerprint density at radius 1 is 0.844 bits per heavy atom. The van der Waals surface area contributed by atoms with Crippen LogP contribution in [0.25, 0.3) is 10.9 Å². The van der Waals surface area contributed by atoms with Crippen LogP contribution in [0.2, 0.25) is 10.0 Å². The molecule has 1 heterocycles. The lowest BCUT2D eigenvalue weighted by Gasteiger charge is -2.25. The Kier molecular flexibility index (Phi) is 5.93. The second-order valence-corrected chi connectivity index (χ2v) is 7.93. The van der Waals surface area contributed by atoms with E-state index in [1.54, 1.807) is 30.5 Å². The molecule has 0 fully saturated rings. The Hall–Kier alpha value is -3.69. The van der Waals surface area contributed by atoms with Crippen molar-refractivity contribution in [3.8, 4) is 0 Å². The zero-order chi connectivity index (χ0) is 22.8. The number of H-pyrrole nitrogens is 1. The highest BCUT2D eigenvalue weighted by Crippen LogP contribution is 2.31. The Labute approximate surface area is 191 Å². The van der Waals surface area contributed by atoms with Crippen LogP contribution in [0.4, 0.5) is 17.1 Å². The fourth-order valence-corrected chi connectivity index (χ4v) is 3.79. The zero-order valence-corrected chi connectivity index (χ0v) is 17.9. The van der Waals surface area contributed by atoms with Crippen LogP contribution >= 0.6 is 23.2 Å². The van der Waals surface area contributed by atoms with Crippen LogP contribution in [-0.4, -0.2) is 20.0 Å². The molecule has 4 rings (SSSR count). The standard InChI is InChI=1S/C21H15Cl2N5O4/c22-16-3-1-13(20(8-16)27(29)30)11-26(18-5-6-19-15(7-18)10-24-25-19)12-14-2-4-17(23)9-21(14)28(31)32/h1-10H,11-12H2,(H,24,25). The molecule has 0 unspecified atom stereocenters. The first-order chi connectivity index (χ1) is 15.3. The topological polar surface area (TPSA) is 118 Å². The molecule has 0 amide bonds. The molecule has 1 N–H and O–H groups in total. The number of nitrogens with one attached hydrogen (secondary N) is 1. The van der Waals surface area contributed by atoms with Gasteiger partial charge in [-0.05, 0) is 42.5 Å². The van der Waals surface area contributed by atoms with Gasteiger partial charge in [-0.1, -0.05) is 23.2 Å². The first kappa shape index (κ1) is 21.5. The minimum atomic E-state index is -0.497. The summed E-state index contributed by atoms with van der Waals surface area (Å²) in [4.78, 5) is 24.0.